The summed E-state index contributed by atoms with van der Waals surface area (Å²) in [5.74, 6) is 0. The molecule has 0 spiro atoms. The second kappa shape index (κ2) is 6.81. The Morgan fingerprint density at radius 1 is 1.24 bits per heavy atom. The van der Waals surface area contributed by atoms with Crippen LogP contribution in [-0.2, 0) is 12.7 Å². The Hall–Kier alpha value is -1.05. The lowest BCUT2D eigenvalue weighted by molar-refractivity contribution is -0.141. The molecule has 0 amide bonds. The zero-order valence-corrected chi connectivity index (χ0v) is 13.3. The second-order valence-electron chi connectivity index (χ2n) is 4.30. The number of nitrogens with one attached hydrogen (secondary N) is 1. The first kappa shape index (κ1) is 16.3. The average molecular weight is 332 g/mol. The van der Waals surface area contributed by atoms with Crippen molar-refractivity contribution in [3.63, 3.8) is 0 Å². The van der Waals surface area contributed by atoms with Crippen LogP contribution >= 0.6 is 23.1 Å². The van der Waals surface area contributed by atoms with Crippen LogP contribution < -0.4 is 5.32 Å². The van der Waals surface area contributed by atoms with Crippen LogP contribution in [0.25, 0.3) is 10.6 Å². The smallest absolute Gasteiger partial charge is 0.312 e. The number of aromatic nitrogens is 1. The first-order valence-corrected chi connectivity index (χ1v) is 8.42. The average Bonchev–Trinajstić information content (AvgIpc) is 2.89. The fourth-order valence-electron chi connectivity index (χ4n) is 1.79. The highest BCUT2D eigenvalue weighted by Crippen LogP contribution is 2.37. The van der Waals surface area contributed by atoms with Gasteiger partial charge in [-0.05, 0) is 24.9 Å². The number of benzene rings is 1. The van der Waals surface area contributed by atoms with Gasteiger partial charge in [0.25, 0.3) is 0 Å². The van der Waals surface area contributed by atoms with Gasteiger partial charge in [0.05, 0.1) is 4.88 Å². The van der Waals surface area contributed by atoms with Crippen LogP contribution in [0.4, 0.5) is 13.2 Å². The van der Waals surface area contributed by atoms with Crippen LogP contribution in [-0.4, -0.2) is 17.8 Å². The van der Waals surface area contributed by atoms with Crippen LogP contribution in [0.3, 0.4) is 0 Å². The van der Waals surface area contributed by atoms with Crippen molar-refractivity contribution < 1.29 is 13.2 Å². The normalized spacial score (nSPS) is 11.9. The fourth-order valence-corrected chi connectivity index (χ4v) is 3.25. The molecule has 0 saturated carbocycles. The summed E-state index contributed by atoms with van der Waals surface area (Å²) in [7, 11) is 0. The molecule has 114 valence electrons. The number of thiazole rings is 1. The van der Waals surface area contributed by atoms with E-state index in [-0.39, 0.29) is 11.4 Å². The predicted octanol–water partition coefficient (Wildman–Crippen LogP) is 4.66. The minimum atomic E-state index is -4.42. The lowest BCUT2D eigenvalue weighted by atomic mass is 10.2. The number of thioether (sulfide) groups is 1. The summed E-state index contributed by atoms with van der Waals surface area (Å²) in [5.41, 5.74) is -0.0663. The van der Waals surface area contributed by atoms with Crippen molar-refractivity contribution in [1.82, 2.24) is 10.3 Å². The maximum absolute atomic E-state index is 13.0. The van der Waals surface area contributed by atoms with Gasteiger partial charge in [0.2, 0.25) is 0 Å². The van der Waals surface area contributed by atoms with Crippen LogP contribution in [0.5, 0.6) is 0 Å². The molecule has 0 aliphatic heterocycles. The molecule has 0 bridgehead atoms. The summed E-state index contributed by atoms with van der Waals surface area (Å²) >= 11 is 2.68. The number of hydrogen-bond donors (Lipinski definition) is 1. The van der Waals surface area contributed by atoms with Crippen LogP contribution in [0, 0.1) is 0 Å². The lowest BCUT2D eigenvalue weighted by Crippen LogP contribution is -2.15. The van der Waals surface area contributed by atoms with Crippen LogP contribution in [0.2, 0.25) is 0 Å². The Morgan fingerprint density at radius 2 is 1.90 bits per heavy atom. The maximum Gasteiger partial charge on any atom is 0.434 e. The van der Waals surface area contributed by atoms with E-state index in [1.54, 1.807) is 11.8 Å². The molecule has 2 rings (SSSR count). The molecule has 7 heteroatoms. The van der Waals surface area contributed by atoms with E-state index in [2.05, 4.69) is 10.3 Å². The summed E-state index contributed by atoms with van der Waals surface area (Å²) in [4.78, 5) is 5.11. The molecule has 0 atom stereocenters. The van der Waals surface area contributed by atoms with Gasteiger partial charge >= 0.3 is 6.18 Å². The first-order valence-electron chi connectivity index (χ1n) is 6.37. The lowest BCUT2D eigenvalue weighted by Gasteiger charge is -2.05. The highest BCUT2D eigenvalue weighted by molar-refractivity contribution is 7.98. The molecule has 1 aromatic heterocycles. The summed E-state index contributed by atoms with van der Waals surface area (Å²) in [5, 5.41) is 3.33. The predicted molar refractivity (Wildman–Crippen MR) is 81.7 cm³/mol. The van der Waals surface area contributed by atoms with Crippen molar-refractivity contribution in [3.8, 4) is 10.6 Å². The number of alkyl halides is 3. The zero-order valence-electron chi connectivity index (χ0n) is 11.6. The van der Waals surface area contributed by atoms with Gasteiger partial charge in [0.15, 0.2) is 5.69 Å². The molecule has 0 aliphatic carbocycles. The van der Waals surface area contributed by atoms with E-state index in [9.17, 15) is 13.2 Å². The largest absolute Gasteiger partial charge is 0.434 e. The van der Waals surface area contributed by atoms with E-state index >= 15 is 0 Å². The fraction of sp³-hybridized carbons (Fsp3) is 0.357. The standard InChI is InChI=1S/C14H15F3N2S2/c1-3-18-8-11-12(14(15,16)17)19-13(21-11)9-4-6-10(20-2)7-5-9/h4-7,18H,3,8H2,1-2H3. The molecule has 1 N–H and O–H groups in total. The molecule has 2 nitrogen and oxygen atoms in total. The van der Waals surface area contributed by atoms with E-state index in [1.807, 2.05) is 37.4 Å². The van der Waals surface area contributed by atoms with Crippen molar-refractivity contribution in [1.29, 1.82) is 0 Å². The Balaban J connectivity index is 2.37. The molecule has 0 radical (unpaired) electrons. The van der Waals surface area contributed by atoms with Gasteiger partial charge in [-0.15, -0.1) is 23.1 Å². The van der Waals surface area contributed by atoms with Crippen LogP contribution in [0.15, 0.2) is 29.2 Å². The van der Waals surface area contributed by atoms with E-state index in [0.717, 1.165) is 16.2 Å². The molecular weight excluding hydrogens is 317 g/mol. The highest BCUT2D eigenvalue weighted by atomic mass is 32.2. The Bertz CT molecular complexity index is 591. The van der Waals surface area contributed by atoms with E-state index < -0.39 is 11.9 Å². The quantitative estimate of drug-likeness (QED) is 0.806. The van der Waals surface area contributed by atoms with Gasteiger partial charge in [0, 0.05) is 17.0 Å². The maximum atomic E-state index is 13.0. The summed E-state index contributed by atoms with van der Waals surface area (Å²) in [6.07, 6.45) is -2.46. The van der Waals surface area contributed by atoms with Crippen molar-refractivity contribution in [3.05, 3.63) is 34.8 Å². The Kier molecular flexibility index (Phi) is 5.29. The SMILES string of the molecule is CCNCc1sc(-c2ccc(SC)cc2)nc1C(F)(F)F. The molecule has 2 aromatic rings. The van der Waals surface area contributed by atoms with Gasteiger partial charge < -0.3 is 5.32 Å². The third-order valence-corrected chi connectivity index (χ3v) is 4.69. The van der Waals surface area contributed by atoms with Crippen molar-refractivity contribution in [2.45, 2.75) is 24.5 Å². The van der Waals surface area contributed by atoms with Crippen molar-refractivity contribution in [2.75, 3.05) is 12.8 Å². The molecule has 21 heavy (non-hydrogen) atoms. The molecular formula is C14H15F3N2S2. The van der Waals surface area contributed by atoms with Crippen molar-refractivity contribution in [2.24, 2.45) is 0 Å². The molecule has 0 unspecified atom stereocenters. The second-order valence-corrected chi connectivity index (χ2v) is 6.26. The van der Waals surface area contributed by atoms with Gasteiger partial charge in [-0.25, -0.2) is 4.98 Å². The van der Waals surface area contributed by atoms with Crippen molar-refractivity contribution >= 4 is 23.1 Å². The Morgan fingerprint density at radius 3 is 2.43 bits per heavy atom. The van der Waals surface area contributed by atoms with E-state index in [0.29, 0.717) is 17.1 Å². The summed E-state index contributed by atoms with van der Waals surface area (Å²) in [6.45, 7) is 2.66. The third-order valence-electron chi connectivity index (χ3n) is 2.84. The molecule has 0 aliphatic rings. The van der Waals surface area contributed by atoms with E-state index in [1.165, 1.54) is 0 Å². The minimum absolute atomic E-state index is 0.186. The number of halogens is 3. The third kappa shape index (κ3) is 3.99. The van der Waals surface area contributed by atoms with E-state index in [4.69, 9.17) is 0 Å². The summed E-state index contributed by atoms with van der Waals surface area (Å²) in [6, 6.07) is 7.39. The number of rotatable bonds is 5. The Labute approximate surface area is 129 Å². The van der Waals surface area contributed by atoms with Gasteiger partial charge in [0.1, 0.15) is 5.01 Å². The van der Waals surface area contributed by atoms with Gasteiger partial charge in [-0.2, -0.15) is 13.2 Å². The van der Waals surface area contributed by atoms with Crippen LogP contribution in [0.1, 0.15) is 17.5 Å². The topological polar surface area (TPSA) is 24.9 Å². The first-order chi connectivity index (χ1) is 9.95. The number of nitrogens with zero attached hydrogens (tertiary/aromatic N) is 1. The monoisotopic (exact) mass is 332 g/mol. The minimum Gasteiger partial charge on any atom is -0.312 e. The zero-order chi connectivity index (χ0) is 15.5. The summed E-state index contributed by atoms with van der Waals surface area (Å²) < 4.78 is 39.1. The van der Waals surface area contributed by atoms with Gasteiger partial charge in [-0.3, -0.25) is 0 Å². The molecule has 1 heterocycles. The molecule has 0 fully saturated rings. The van der Waals surface area contributed by atoms with Gasteiger partial charge in [-0.1, -0.05) is 19.1 Å². The highest BCUT2D eigenvalue weighted by Gasteiger charge is 2.37. The number of hydrogen-bond acceptors (Lipinski definition) is 4. The molecule has 0 saturated heterocycles. The molecule has 1 aromatic carbocycles.